The number of carbonyl (C=O) groups is 1. The van der Waals surface area contributed by atoms with E-state index in [2.05, 4.69) is 4.98 Å². The molecule has 1 N–H and O–H groups in total. The van der Waals surface area contributed by atoms with Crippen molar-refractivity contribution in [2.24, 2.45) is 0 Å². The van der Waals surface area contributed by atoms with E-state index in [1.807, 2.05) is 0 Å². The highest BCUT2D eigenvalue weighted by molar-refractivity contribution is 5.87. The lowest BCUT2D eigenvalue weighted by Crippen LogP contribution is -2.15. The lowest BCUT2D eigenvalue weighted by atomic mass is 10.0. The smallest absolute Gasteiger partial charge is 0.335 e. The van der Waals surface area contributed by atoms with Gasteiger partial charge in [-0.1, -0.05) is 12.1 Å². The molecule has 5 heteroatoms. The highest BCUT2D eigenvalue weighted by Crippen LogP contribution is 2.34. The molecule has 92 valence electrons. The van der Waals surface area contributed by atoms with Gasteiger partial charge in [0.2, 0.25) is 0 Å². The third-order valence-corrected chi connectivity index (χ3v) is 2.52. The van der Waals surface area contributed by atoms with E-state index in [4.69, 9.17) is 5.11 Å². The predicted molar refractivity (Wildman–Crippen MR) is 60.6 cm³/mol. The van der Waals surface area contributed by atoms with Crippen molar-refractivity contribution in [3.05, 3.63) is 65.5 Å². The maximum absolute atomic E-state index is 14.0. The number of hydrogen-bond acceptors (Lipinski definition) is 2. The fourth-order valence-corrected chi connectivity index (χ4v) is 1.54. The van der Waals surface area contributed by atoms with Crippen LogP contribution in [0, 0.1) is 0 Å². The van der Waals surface area contributed by atoms with E-state index < -0.39 is 11.9 Å². The Morgan fingerprint density at radius 3 is 2.28 bits per heavy atom. The molecule has 2 aromatic rings. The summed E-state index contributed by atoms with van der Waals surface area (Å²) in [5, 5.41) is 8.70. The predicted octanol–water partition coefficient (Wildman–Crippen LogP) is 2.92. The van der Waals surface area contributed by atoms with Gasteiger partial charge in [0, 0.05) is 23.5 Å². The number of benzene rings is 1. The third kappa shape index (κ3) is 2.20. The lowest BCUT2D eigenvalue weighted by molar-refractivity contribution is 0.0423. The third-order valence-electron chi connectivity index (χ3n) is 2.52. The van der Waals surface area contributed by atoms with E-state index >= 15 is 0 Å². The van der Waals surface area contributed by atoms with Crippen molar-refractivity contribution in [2.75, 3.05) is 0 Å². The van der Waals surface area contributed by atoms with Gasteiger partial charge in [0.05, 0.1) is 5.56 Å². The van der Waals surface area contributed by atoms with Crippen LogP contribution in [0.5, 0.6) is 0 Å². The average Bonchev–Trinajstić information content (AvgIpc) is 2.40. The zero-order chi connectivity index (χ0) is 13.2. The Hall–Kier alpha value is -2.30. The summed E-state index contributed by atoms with van der Waals surface area (Å²) in [7, 11) is 0. The minimum absolute atomic E-state index is 0.0271. The number of halogens is 2. The molecule has 18 heavy (non-hydrogen) atoms. The Morgan fingerprint density at radius 1 is 1.11 bits per heavy atom. The van der Waals surface area contributed by atoms with E-state index in [9.17, 15) is 13.6 Å². The van der Waals surface area contributed by atoms with Gasteiger partial charge in [0.15, 0.2) is 0 Å². The highest BCUT2D eigenvalue weighted by atomic mass is 19.3. The lowest BCUT2D eigenvalue weighted by Gasteiger charge is -2.16. The summed E-state index contributed by atoms with van der Waals surface area (Å²) in [6, 6.07) is 7.23. The molecule has 0 aliphatic carbocycles. The van der Waals surface area contributed by atoms with Gasteiger partial charge in [0.25, 0.3) is 5.92 Å². The zero-order valence-corrected chi connectivity index (χ0v) is 9.18. The molecule has 0 aliphatic rings. The highest BCUT2D eigenvalue weighted by Gasteiger charge is 2.34. The van der Waals surface area contributed by atoms with Gasteiger partial charge < -0.3 is 5.11 Å². The first-order chi connectivity index (χ1) is 8.51. The van der Waals surface area contributed by atoms with Crippen LogP contribution in [0.25, 0.3) is 0 Å². The van der Waals surface area contributed by atoms with Gasteiger partial charge in [0.1, 0.15) is 0 Å². The van der Waals surface area contributed by atoms with E-state index in [1.54, 1.807) is 0 Å². The number of rotatable bonds is 3. The van der Waals surface area contributed by atoms with E-state index in [-0.39, 0.29) is 16.7 Å². The van der Waals surface area contributed by atoms with Crippen molar-refractivity contribution in [2.45, 2.75) is 5.92 Å². The van der Waals surface area contributed by atoms with Crippen molar-refractivity contribution >= 4 is 5.97 Å². The normalized spacial score (nSPS) is 11.2. The van der Waals surface area contributed by atoms with E-state index in [0.29, 0.717) is 0 Å². The van der Waals surface area contributed by atoms with Gasteiger partial charge in [-0.2, -0.15) is 8.78 Å². The number of aromatic nitrogens is 1. The van der Waals surface area contributed by atoms with Crippen molar-refractivity contribution in [3.63, 3.8) is 0 Å². The maximum atomic E-state index is 14.0. The van der Waals surface area contributed by atoms with Crippen LogP contribution in [0.4, 0.5) is 8.78 Å². The molecule has 0 atom stereocenters. The first-order valence-electron chi connectivity index (χ1n) is 5.14. The number of aromatic carboxylic acids is 1. The number of alkyl halides is 2. The summed E-state index contributed by atoms with van der Waals surface area (Å²) in [4.78, 5) is 14.3. The topological polar surface area (TPSA) is 50.2 Å². The molecule has 0 aliphatic heterocycles. The summed E-state index contributed by atoms with van der Waals surface area (Å²) in [6.45, 7) is 0. The molecule has 0 spiro atoms. The molecule has 0 saturated heterocycles. The van der Waals surface area contributed by atoms with Gasteiger partial charge in [-0.05, 0) is 24.3 Å². The Kier molecular flexibility index (Phi) is 3.06. The monoisotopic (exact) mass is 249 g/mol. The molecule has 1 heterocycles. The number of hydrogen-bond donors (Lipinski definition) is 1. The first kappa shape index (κ1) is 12.2. The quantitative estimate of drug-likeness (QED) is 0.909. The largest absolute Gasteiger partial charge is 0.478 e. The fraction of sp³-hybridized carbons (Fsp3) is 0.0769. The molecule has 1 aromatic heterocycles. The van der Waals surface area contributed by atoms with Crippen LogP contribution < -0.4 is 0 Å². The van der Waals surface area contributed by atoms with Crippen LogP contribution in [-0.4, -0.2) is 16.1 Å². The summed E-state index contributed by atoms with van der Waals surface area (Å²) in [5.74, 6) is -4.34. The van der Waals surface area contributed by atoms with Gasteiger partial charge in [-0.3, -0.25) is 4.98 Å². The van der Waals surface area contributed by atoms with Crippen LogP contribution >= 0.6 is 0 Å². The van der Waals surface area contributed by atoms with Gasteiger partial charge >= 0.3 is 5.97 Å². The van der Waals surface area contributed by atoms with Crippen molar-refractivity contribution in [3.8, 4) is 0 Å². The molecular weight excluding hydrogens is 240 g/mol. The molecule has 0 bridgehead atoms. The molecule has 2 rings (SSSR count). The molecule has 1 aromatic carbocycles. The maximum Gasteiger partial charge on any atom is 0.335 e. The molecular formula is C13H9F2NO2. The Bertz CT molecular complexity index is 553. The van der Waals surface area contributed by atoms with Crippen LogP contribution in [0.2, 0.25) is 0 Å². The van der Waals surface area contributed by atoms with Crippen LogP contribution in [-0.2, 0) is 5.92 Å². The Balaban J connectivity index is 2.39. The van der Waals surface area contributed by atoms with Crippen LogP contribution in [0.1, 0.15) is 21.5 Å². The number of carboxylic acids is 1. The first-order valence-corrected chi connectivity index (χ1v) is 5.14. The average molecular weight is 249 g/mol. The summed E-state index contributed by atoms with van der Waals surface area (Å²) < 4.78 is 28.1. The Morgan fingerprint density at radius 2 is 1.78 bits per heavy atom. The van der Waals surface area contributed by atoms with Crippen LogP contribution in [0.3, 0.4) is 0 Å². The van der Waals surface area contributed by atoms with E-state index in [0.717, 1.165) is 30.5 Å². The SMILES string of the molecule is O=C(O)c1ccc(C(F)(F)c2cccnc2)cc1. The van der Waals surface area contributed by atoms with Crippen molar-refractivity contribution < 1.29 is 18.7 Å². The van der Waals surface area contributed by atoms with Crippen molar-refractivity contribution in [1.29, 1.82) is 0 Å². The second kappa shape index (κ2) is 4.52. The van der Waals surface area contributed by atoms with E-state index in [1.165, 1.54) is 18.3 Å². The standard InChI is InChI=1S/C13H9F2NO2/c14-13(15,11-2-1-7-16-8-11)10-5-3-9(4-6-10)12(17)18/h1-8H,(H,17,18). The number of pyridine rings is 1. The van der Waals surface area contributed by atoms with Gasteiger partial charge in [-0.25, -0.2) is 4.79 Å². The molecule has 0 saturated carbocycles. The molecule has 3 nitrogen and oxygen atoms in total. The molecule has 0 fully saturated rings. The van der Waals surface area contributed by atoms with Gasteiger partial charge in [-0.15, -0.1) is 0 Å². The molecule has 0 radical (unpaired) electrons. The minimum atomic E-state index is -3.19. The number of nitrogens with zero attached hydrogens (tertiary/aromatic N) is 1. The second-order valence-electron chi connectivity index (χ2n) is 3.70. The van der Waals surface area contributed by atoms with Crippen LogP contribution in [0.15, 0.2) is 48.8 Å². The molecule has 0 unspecified atom stereocenters. The number of carboxylic acid groups (broad SMARTS) is 1. The second-order valence-corrected chi connectivity index (χ2v) is 3.70. The molecule has 0 amide bonds. The fourth-order valence-electron chi connectivity index (χ4n) is 1.54. The summed E-state index contributed by atoms with van der Waals surface area (Å²) in [6.07, 6.45) is 2.50. The van der Waals surface area contributed by atoms with Crippen molar-refractivity contribution in [1.82, 2.24) is 4.98 Å². The zero-order valence-electron chi connectivity index (χ0n) is 9.18. The Labute approximate surface area is 102 Å². The minimum Gasteiger partial charge on any atom is -0.478 e. The summed E-state index contributed by atoms with van der Waals surface area (Å²) in [5.41, 5.74) is -0.519. The summed E-state index contributed by atoms with van der Waals surface area (Å²) >= 11 is 0.